The van der Waals surface area contributed by atoms with Crippen molar-refractivity contribution in [1.29, 1.82) is 0 Å². The number of amides is 1. The van der Waals surface area contributed by atoms with Crippen molar-refractivity contribution in [3.05, 3.63) is 28.7 Å². The Morgan fingerprint density at radius 2 is 2.05 bits per heavy atom. The van der Waals surface area contributed by atoms with E-state index in [1.54, 1.807) is 18.2 Å². The molecule has 1 heterocycles. The summed E-state index contributed by atoms with van der Waals surface area (Å²) < 4.78 is 0. The number of anilines is 1. The lowest BCUT2D eigenvalue weighted by atomic mass is 9.99. The largest absolute Gasteiger partial charge is 0.325 e. The van der Waals surface area contributed by atoms with E-state index < -0.39 is 6.04 Å². The van der Waals surface area contributed by atoms with Crippen LogP contribution in [-0.4, -0.2) is 21.9 Å². The van der Waals surface area contributed by atoms with E-state index in [1.165, 1.54) is 0 Å². The molecule has 0 radical (unpaired) electrons. The third-order valence-electron chi connectivity index (χ3n) is 3.34. The van der Waals surface area contributed by atoms with Gasteiger partial charge in [-0.25, -0.2) is 4.79 Å². The molecule has 5 N–H and O–H groups in total. The van der Waals surface area contributed by atoms with Crippen molar-refractivity contribution in [2.24, 2.45) is 11.7 Å². The van der Waals surface area contributed by atoms with Gasteiger partial charge in [0.1, 0.15) is 0 Å². The summed E-state index contributed by atoms with van der Waals surface area (Å²) in [5.74, 6) is -0.0950. The van der Waals surface area contributed by atoms with Gasteiger partial charge in [-0.1, -0.05) is 20.3 Å². The second kappa shape index (κ2) is 5.27. The molecule has 0 saturated carbocycles. The van der Waals surface area contributed by atoms with Gasteiger partial charge in [-0.2, -0.15) is 0 Å². The van der Waals surface area contributed by atoms with Gasteiger partial charge in [-0.3, -0.25) is 4.79 Å². The Morgan fingerprint density at radius 1 is 1.37 bits per heavy atom. The van der Waals surface area contributed by atoms with Gasteiger partial charge in [-0.05, 0) is 24.1 Å². The van der Waals surface area contributed by atoms with E-state index in [9.17, 15) is 9.59 Å². The van der Waals surface area contributed by atoms with Crippen LogP contribution in [0, 0.1) is 5.92 Å². The number of benzene rings is 1. The number of hydrogen-bond acceptors (Lipinski definition) is 3. The third-order valence-corrected chi connectivity index (χ3v) is 3.34. The highest BCUT2D eigenvalue weighted by molar-refractivity contribution is 5.96. The molecule has 1 aromatic carbocycles. The van der Waals surface area contributed by atoms with E-state index in [0.717, 1.165) is 6.42 Å². The van der Waals surface area contributed by atoms with Crippen LogP contribution in [0.25, 0.3) is 11.0 Å². The molecule has 0 aliphatic heterocycles. The molecule has 0 fully saturated rings. The van der Waals surface area contributed by atoms with Crippen LogP contribution in [0.1, 0.15) is 20.3 Å². The summed E-state index contributed by atoms with van der Waals surface area (Å²) in [6.07, 6.45) is 0.846. The van der Waals surface area contributed by atoms with Crippen LogP contribution in [-0.2, 0) is 4.79 Å². The van der Waals surface area contributed by atoms with Gasteiger partial charge in [0.2, 0.25) is 5.91 Å². The van der Waals surface area contributed by atoms with Crippen molar-refractivity contribution in [1.82, 2.24) is 9.97 Å². The summed E-state index contributed by atoms with van der Waals surface area (Å²) in [6, 6.07) is 4.63. The van der Waals surface area contributed by atoms with Gasteiger partial charge in [0.15, 0.2) is 0 Å². The normalized spacial score (nSPS) is 14.3. The molecule has 2 rings (SSSR count). The summed E-state index contributed by atoms with van der Waals surface area (Å²) in [4.78, 5) is 28.4. The highest BCUT2D eigenvalue weighted by Crippen LogP contribution is 2.15. The fraction of sp³-hybridized carbons (Fsp3) is 0.385. The molecule has 0 spiro atoms. The first-order valence-corrected chi connectivity index (χ1v) is 6.29. The number of hydrogen-bond donors (Lipinski definition) is 4. The number of nitrogens with one attached hydrogen (secondary N) is 3. The Kier molecular flexibility index (Phi) is 3.71. The Morgan fingerprint density at radius 3 is 2.74 bits per heavy atom. The lowest BCUT2D eigenvalue weighted by molar-refractivity contribution is -0.118. The molecular weight excluding hydrogens is 244 g/mol. The van der Waals surface area contributed by atoms with Crippen LogP contribution in [0.2, 0.25) is 0 Å². The number of rotatable bonds is 4. The molecule has 6 nitrogen and oxygen atoms in total. The van der Waals surface area contributed by atoms with E-state index in [1.807, 2.05) is 13.8 Å². The molecule has 2 atom stereocenters. The minimum Gasteiger partial charge on any atom is -0.325 e. The zero-order chi connectivity index (χ0) is 14.0. The second-order valence-corrected chi connectivity index (χ2v) is 4.74. The van der Waals surface area contributed by atoms with Crippen molar-refractivity contribution >= 4 is 22.6 Å². The molecule has 6 heteroatoms. The predicted molar refractivity (Wildman–Crippen MR) is 75.0 cm³/mol. The zero-order valence-electron chi connectivity index (χ0n) is 11.0. The number of carbonyl (C=O) groups is 1. The van der Waals surface area contributed by atoms with E-state index in [4.69, 9.17) is 5.73 Å². The van der Waals surface area contributed by atoms with Crippen LogP contribution < -0.4 is 16.7 Å². The fourth-order valence-corrected chi connectivity index (χ4v) is 1.85. The van der Waals surface area contributed by atoms with E-state index >= 15 is 0 Å². The smallest absolute Gasteiger partial charge is 0.323 e. The molecule has 0 aliphatic carbocycles. The summed E-state index contributed by atoms with van der Waals surface area (Å²) >= 11 is 0. The predicted octanol–water partition coefficient (Wildman–Crippen LogP) is 1.17. The van der Waals surface area contributed by atoms with Gasteiger partial charge in [0.05, 0.1) is 17.1 Å². The van der Waals surface area contributed by atoms with Crippen LogP contribution in [0.15, 0.2) is 23.0 Å². The summed E-state index contributed by atoms with van der Waals surface area (Å²) in [6.45, 7) is 3.94. The number of aromatic amines is 2. The van der Waals surface area contributed by atoms with Crippen molar-refractivity contribution in [2.75, 3.05) is 5.32 Å². The Labute approximate surface area is 110 Å². The topological polar surface area (TPSA) is 104 Å². The molecule has 0 aliphatic rings. The maximum atomic E-state index is 11.9. The van der Waals surface area contributed by atoms with Gasteiger partial charge < -0.3 is 21.0 Å². The fourth-order valence-electron chi connectivity index (χ4n) is 1.85. The van der Waals surface area contributed by atoms with Gasteiger partial charge in [-0.15, -0.1) is 0 Å². The van der Waals surface area contributed by atoms with Crippen LogP contribution >= 0.6 is 0 Å². The molecule has 1 unspecified atom stereocenters. The average Bonchev–Trinajstić information content (AvgIpc) is 2.76. The standard InChI is InChI=1S/C13H18N4O2/c1-3-7(2)11(14)12(18)15-8-4-5-9-10(6-8)17-13(19)16-9/h4-7,11H,3,14H2,1-2H3,(H,15,18)(H2,16,17,19)/t7?,11-/m0/s1. The average molecular weight is 262 g/mol. The Balaban J connectivity index is 2.16. The maximum absolute atomic E-state index is 11.9. The highest BCUT2D eigenvalue weighted by atomic mass is 16.2. The number of fused-ring (bicyclic) bond motifs is 1. The maximum Gasteiger partial charge on any atom is 0.323 e. The molecule has 1 amide bonds. The van der Waals surface area contributed by atoms with Crippen molar-refractivity contribution < 1.29 is 4.79 Å². The Hall–Kier alpha value is -2.08. The van der Waals surface area contributed by atoms with Gasteiger partial charge >= 0.3 is 5.69 Å². The van der Waals surface area contributed by atoms with Crippen molar-refractivity contribution in [2.45, 2.75) is 26.3 Å². The van der Waals surface area contributed by atoms with E-state index in [0.29, 0.717) is 16.7 Å². The number of H-pyrrole nitrogens is 2. The minimum absolute atomic E-state index is 0.121. The van der Waals surface area contributed by atoms with Crippen molar-refractivity contribution in [3.8, 4) is 0 Å². The van der Waals surface area contributed by atoms with Crippen LogP contribution in [0.4, 0.5) is 5.69 Å². The summed E-state index contributed by atoms with van der Waals surface area (Å²) in [7, 11) is 0. The minimum atomic E-state index is -0.536. The number of carbonyl (C=O) groups excluding carboxylic acids is 1. The Bertz CT molecular complexity index is 643. The molecule has 0 saturated heterocycles. The molecule has 19 heavy (non-hydrogen) atoms. The SMILES string of the molecule is CCC(C)[C@H](N)C(=O)Nc1ccc2[nH]c(=O)[nH]c2c1. The quantitative estimate of drug-likeness (QED) is 0.664. The lowest BCUT2D eigenvalue weighted by Gasteiger charge is -2.17. The summed E-state index contributed by atoms with van der Waals surface area (Å²) in [5, 5.41) is 2.76. The lowest BCUT2D eigenvalue weighted by Crippen LogP contribution is -2.40. The third kappa shape index (κ3) is 2.85. The molecule has 0 bridgehead atoms. The highest BCUT2D eigenvalue weighted by Gasteiger charge is 2.19. The number of nitrogens with two attached hydrogens (primary N) is 1. The molecular formula is C13H18N4O2. The first kappa shape index (κ1) is 13.4. The van der Waals surface area contributed by atoms with Crippen molar-refractivity contribution in [3.63, 3.8) is 0 Å². The molecule has 1 aromatic heterocycles. The second-order valence-electron chi connectivity index (χ2n) is 4.74. The van der Waals surface area contributed by atoms with E-state index in [2.05, 4.69) is 15.3 Å². The van der Waals surface area contributed by atoms with Crippen LogP contribution in [0.3, 0.4) is 0 Å². The first-order valence-electron chi connectivity index (χ1n) is 6.29. The number of imidazole rings is 1. The van der Waals surface area contributed by atoms with Crippen LogP contribution in [0.5, 0.6) is 0 Å². The number of aromatic nitrogens is 2. The van der Waals surface area contributed by atoms with Gasteiger partial charge in [0.25, 0.3) is 0 Å². The zero-order valence-corrected chi connectivity index (χ0v) is 11.0. The monoisotopic (exact) mass is 262 g/mol. The van der Waals surface area contributed by atoms with Gasteiger partial charge in [0, 0.05) is 5.69 Å². The molecule has 2 aromatic rings. The first-order chi connectivity index (χ1) is 9.01. The summed E-state index contributed by atoms with van der Waals surface area (Å²) in [5.41, 5.74) is 7.56. The van der Waals surface area contributed by atoms with E-state index in [-0.39, 0.29) is 17.5 Å². The molecule has 102 valence electrons.